The van der Waals surface area contributed by atoms with Crippen molar-refractivity contribution in [2.75, 3.05) is 12.3 Å². The van der Waals surface area contributed by atoms with E-state index in [4.69, 9.17) is 10.5 Å². The number of hydrogen-bond acceptors (Lipinski definition) is 2. The van der Waals surface area contributed by atoms with Gasteiger partial charge in [-0.3, -0.25) is 0 Å². The second-order valence-corrected chi connectivity index (χ2v) is 4.17. The van der Waals surface area contributed by atoms with Crippen molar-refractivity contribution in [3.63, 3.8) is 0 Å². The number of hydrogen-bond donors (Lipinski definition) is 1. The molecule has 0 saturated heterocycles. The summed E-state index contributed by atoms with van der Waals surface area (Å²) in [4.78, 5) is 0. The molecule has 1 aromatic carbocycles. The molecular formula is C14H23NO. The molecule has 0 unspecified atom stereocenters. The first-order valence-corrected chi connectivity index (χ1v) is 6.25. The van der Waals surface area contributed by atoms with Crippen molar-refractivity contribution in [2.45, 2.75) is 45.6 Å². The van der Waals surface area contributed by atoms with Crippen LogP contribution in [0, 0.1) is 0 Å². The van der Waals surface area contributed by atoms with Gasteiger partial charge in [0.05, 0.1) is 6.61 Å². The van der Waals surface area contributed by atoms with Crippen molar-refractivity contribution in [1.29, 1.82) is 0 Å². The van der Waals surface area contributed by atoms with Gasteiger partial charge in [0, 0.05) is 17.9 Å². The quantitative estimate of drug-likeness (QED) is 0.536. The van der Waals surface area contributed by atoms with Crippen LogP contribution >= 0.6 is 0 Å². The van der Waals surface area contributed by atoms with Crippen LogP contribution in [0.4, 0.5) is 5.69 Å². The molecule has 0 spiro atoms. The number of unbranched alkanes of at least 4 members (excludes halogenated alkanes) is 4. The van der Waals surface area contributed by atoms with Crippen molar-refractivity contribution in [1.82, 2.24) is 0 Å². The lowest BCUT2D eigenvalue weighted by Gasteiger charge is -2.06. The summed E-state index contributed by atoms with van der Waals surface area (Å²) in [5.74, 6) is 0. The topological polar surface area (TPSA) is 35.2 Å². The van der Waals surface area contributed by atoms with E-state index in [0.717, 1.165) is 24.3 Å². The highest BCUT2D eigenvalue weighted by Gasteiger charge is 1.97. The Morgan fingerprint density at radius 3 is 2.56 bits per heavy atom. The highest BCUT2D eigenvalue weighted by Crippen LogP contribution is 2.12. The zero-order valence-corrected chi connectivity index (χ0v) is 10.2. The summed E-state index contributed by atoms with van der Waals surface area (Å²) in [6.45, 7) is 3.72. The largest absolute Gasteiger partial charge is 0.398 e. The Hall–Kier alpha value is -1.02. The Balaban J connectivity index is 2.05. The molecular weight excluding hydrogens is 198 g/mol. The summed E-state index contributed by atoms with van der Waals surface area (Å²) in [5, 5.41) is 0. The maximum Gasteiger partial charge on any atom is 0.0736 e. The smallest absolute Gasteiger partial charge is 0.0736 e. The summed E-state index contributed by atoms with van der Waals surface area (Å²) in [5.41, 5.74) is 7.74. The van der Waals surface area contributed by atoms with E-state index in [1.807, 2.05) is 24.3 Å². The molecule has 0 heterocycles. The SMILES string of the molecule is CCCCCCCOCc1ccccc1N. The van der Waals surface area contributed by atoms with Gasteiger partial charge in [-0.15, -0.1) is 0 Å². The average Bonchev–Trinajstić information content (AvgIpc) is 2.30. The lowest BCUT2D eigenvalue weighted by molar-refractivity contribution is 0.117. The second-order valence-electron chi connectivity index (χ2n) is 4.17. The molecule has 0 amide bonds. The van der Waals surface area contributed by atoms with Gasteiger partial charge in [-0.1, -0.05) is 50.8 Å². The summed E-state index contributed by atoms with van der Waals surface area (Å²) in [6.07, 6.45) is 6.39. The van der Waals surface area contributed by atoms with E-state index in [1.54, 1.807) is 0 Å². The number of para-hydroxylation sites is 1. The standard InChI is InChI=1S/C14H23NO/c1-2-3-4-5-8-11-16-12-13-9-6-7-10-14(13)15/h6-7,9-10H,2-5,8,11-12,15H2,1H3. The highest BCUT2D eigenvalue weighted by atomic mass is 16.5. The lowest BCUT2D eigenvalue weighted by atomic mass is 10.2. The fourth-order valence-electron chi connectivity index (χ4n) is 1.66. The lowest BCUT2D eigenvalue weighted by Crippen LogP contribution is -1.99. The molecule has 2 nitrogen and oxygen atoms in total. The van der Waals surface area contributed by atoms with Crippen molar-refractivity contribution in [3.05, 3.63) is 29.8 Å². The molecule has 0 atom stereocenters. The van der Waals surface area contributed by atoms with Gasteiger partial charge >= 0.3 is 0 Å². The molecule has 0 radical (unpaired) electrons. The van der Waals surface area contributed by atoms with Crippen LogP contribution in [0.1, 0.15) is 44.6 Å². The van der Waals surface area contributed by atoms with Crippen molar-refractivity contribution >= 4 is 5.69 Å². The molecule has 0 saturated carbocycles. The molecule has 2 N–H and O–H groups in total. The number of ether oxygens (including phenoxy) is 1. The third-order valence-corrected chi connectivity index (χ3v) is 2.70. The molecule has 0 aromatic heterocycles. The van der Waals surface area contributed by atoms with Crippen LogP contribution in [-0.4, -0.2) is 6.61 Å². The minimum absolute atomic E-state index is 0.639. The van der Waals surface area contributed by atoms with Crippen LogP contribution in [0.2, 0.25) is 0 Å². The first kappa shape index (κ1) is 13.0. The van der Waals surface area contributed by atoms with E-state index in [1.165, 1.54) is 25.7 Å². The van der Waals surface area contributed by atoms with Crippen LogP contribution in [0.15, 0.2) is 24.3 Å². The molecule has 0 aliphatic heterocycles. The van der Waals surface area contributed by atoms with Crippen LogP contribution in [-0.2, 0) is 11.3 Å². The van der Waals surface area contributed by atoms with Gasteiger partial charge in [0.1, 0.15) is 0 Å². The summed E-state index contributed by atoms with van der Waals surface area (Å²) >= 11 is 0. The Labute approximate surface area is 98.8 Å². The number of nitrogen functional groups attached to an aromatic ring is 1. The van der Waals surface area contributed by atoms with Gasteiger partial charge in [0.2, 0.25) is 0 Å². The second kappa shape index (κ2) is 8.17. The van der Waals surface area contributed by atoms with Crippen LogP contribution in [0.3, 0.4) is 0 Å². The maximum absolute atomic E-state index is 5.82. The van der Waals surface area contributed by atoms with E-state index < -0.39 is 0 Å². The Bertz CT molecular complexity index is 286. The van der Waals surface area contributed by atoms with Gasteiger partial charge in [-0.2, -0.15) is 0 Å². The van der Waals surface area contributed by atoms with Crippen LogP contribution < -0.4 is 5.73 Å². The van der Waals surface area contributed by atoms with Crippen LogP contribution in [0.5, 0.6) is 0 Å². The number of benzene rings is 1. The van der Waals surface area contributed by atoms with E-state index in [2.05, 4.69) is 6.92 Å². The molecule has 0 aliphatic carbocycles. The third-order valence-electron chi connectivity index (χ3n) is 2.70. The molecule has 90 valence electrons. The minimum Gasteiger partial charge on any atom is -0.398 e. The number of nitrogens with two attached hydrogens (primary N) is 1. The molecule has 0 bridgehead atoms. The first-order valence-electron chi connectivity index (χ1n) is 6.25. The molecule has 1 rings (SSSR count). The molecule has 16 heavy (non-hydrogen) atoms. The van der Waals surface area contributed by atoms with E-state index in [0.29, 0.717) is 6.61 Å². The van der Waals surface area contributed by atoms with Crippen molar-refractivity contribution in [2.24, 2.45) is 0 Å². The minimum atomic E-state index is 0.639. The zero-order valence-electron chi connectivity index (χ0n) is 10.2. The fraction of sp³-hybridized carbons (Fsp3) is 0.571. The van der Waals surface area contributed by atoms with Crippen molar-refractivity contribution in [3.8, 4) is 0 Å². The number of rotatable bonds is 8. The average molecular weight is 221 g/mol. The fourth-order valence-corrected chi connectivity index (χ4v) is 1.66. The van der Waals surface area contributed by atoms with Gasteiger partial charge < -0.3 is 10.5 Å². The molecule has 0 aliphatic rings. The molecule has 1 aromatic rings. The zero-order chi connectivity index (χ0) is 11.6. The maximum atomic E-state index is 5.82. The van der Waals surface area contributed by atoms with Gasteiger partial charge in [-0.05, 0) is 12.5 Å². The van der Waals surface area contributed by atoms with E-state index in [9.17, 15) is 0 Å². The van der Waals surface area contributed by atoms with E-state index in [-0.39, 0.29) is 0 Å². The van der Waals surface area contributed by atoms with Gasteiger partial charge in [0.25, 0.3) is 0 Å². The molecule has 2 heteroatoms. The van der Waals surface area contributed by atoms with E-state index >= 15 is 0 Å². The van der Waals surface area contributed by atoms with Crippen molar-refractivity contribution < 1.29 is 4.74 Å². The highest BCUT2D eigenvalue weighted by molar-refractivity contribution is 5.45. The van der Waals surface area contributed by atoms with Gasteiger partial charge in [0.15, 0.2) is 0 Å². The normalized spacial score (nSPS) is 10.6. The number of anilines is 1. The summed E-state index contributed by atoms with van der Waals surface area (Å²) < 4.78 is 5.60. The summed E-state index contributed by atoms with van der Waals surface area (Å²) in [6, 6.07) is 7.88. The third kappa shape index (κ3) is 5.17. The monoisotopic (exact) mass is 221 g/mol. The Morgan fingerprint density at radius 1 is 1.06 bits per heavy atom. The summed E-state index contributed by atoms with van der Waals surface area (Å²) in [7, 11) is 0. The predicted octanol–water partition coefficient (Wildman–Crippen LogP) is 3.76. The molecule has 0 fully saturated rings. The predicted molar refractivity (Wildman–Crippen MR) is 69.3 cm³/mol. The van der Waals surface area contributed by atoms with Crippen LogP contribution in [0.25, 0.3) is 0 Å². The Morgan fingerprint density at radius 2 is 1.81 bits per heavy atom. The Kier molecular flexibility index (Phi) is 6.66. The first-order chi connectivity index (χ1) is 7.84. The van der Waals surface area contributed by atoms with Gasteiger partial charge in [-0.25, -0.2) is 0 Å².